The van der Waals surface area contributed by atoms with Crippen LogP contribution in [0.25, 0.3) is 0 Å². The molecule has 1 rings (SSSR count). The summed E-state index contributed by atoms with van der Waals surface area (Å²) in [5, 5.41) is 10.6. The molecule has 0 aromatic carbocycles. The van der Waals surface area contributed by atoms with Crippen LogP contribution in [0.15, 0.2) is 0 Å². The van der Waals surface area contributed by atoms with E-state index in [0.29, 0.717) is 58.2 Å². The Labute approximate surface area is 296 Å². The molecule has 1 heterocycles. The molecule has 14 nitrogen and oxygen atoms in total. The molecule has 3 atom stereocenters. The molecule has 7 amide bonds. The molecule has 1 aliphatic rings. The topological polar surface area (TPSA) is 223 Å². The second kappa shape index (κ2) is 25.7. The van der Waals surface area contributed by atoms with E-state index in [0.717, 1.165) is 44.3 Å². The number of carbonyl (C=O) groups is 7. The summed E-state index contributed by atoms with van der Waals surface area (Å²) >= 11 is 1.50. The van der Waals surface area contributed by atoms with Gasteiger partial charge in [0, 0.05) is 45.3 Å². The number of hydrogen-bond donors (Lipinski definition) is 6. The maximum atomic E-state index is 13.0. The van der Waals surface area contributed by atoms with Gasteiger partial charge in [0.25, 0.3) is 0 Å². The number of rotatable bonds is 28. The standard InChI is InChI=1S/C34H61N7O7S/c1-4-26(42)25(15-14-20-38-34(36)48)39-32(46)31(24(2)3)40-29(44)17-8-5-12-21-41-30(45)23-27(33(41)47)49-22-13-6-9-16-28(43)37-19-11-7-10-18-35/h24-25,27,31H,4-23,35H2,1-3H3,(H,37,43)(H,39,46)(H,40,44)(H3,36,38,48)/t25-,27?,31?/m0/s1. The third-order valence-corrected chi connectivity index (χ3v) is 9.64. The quantitative estimate of drug-likeness (QED) is 0.0517. The average Bonchev–Trinajstić information content (AvgIpc) is 3.32. The van der Waals surface area contributed by atoms with E-state index in [9.17, 15) is 33.6 Å². The molecule has 49 heavy (non-hydrogen) atoms. The molecule has 15 heteroatoms. The van der Waals surface area contributed by atoms with Gasteiger partial charge in [-0.15, -0.1) is 11.8 Å². The van der Waals surface area contributed by atoms with Crippen LogP contribution in [-0.4, -0.2) is 95.5 Å². The van der Waals surface area contributed by atoms with Crippen molar-refractivity contribution in [2.45, 2.75) is 134 Å². The number of primary amides is 1. The summed E-state index contributed by atoms with van der Waals surface area (Å²) in [6, 6.07) is -2.21. The Hall–Kier alpha value is -3.20. The van der Waals surface area contributed by atoms with E-state index in [2.05, 4.69) is 21.3 Å². The van der Waals surface area contributed by atoms with Gasteiger partial charge in [0.15, 0.2) is 5.78 Å². The van der Waals surface area contributed by atoms with Crippen LogP contribution in [0.3, 0.4) is 0 Å². The van der Waals surface area contributed by atoms with Crippen molar-refractivity contribution >= 4 is 53.1 Å². The molecule has 1 aliphatic heterocycles. The Morgan fingerprint density at radius 3 is 2.14 bits per heavy atom. The molecule has 1 saturated heterocycles. The van der Waals surface area contributed by atoms with Crippen LogP contribution in [0.1, 0.15) is 117 Å². The summed E-state index contributed by atoms with van der Waals surface area (Å²) in [6.07, 6.45) is 9.13. The van der Waals surface area contributed by atoms with Crippen molar-refractivity contribution in [3.05, 3.63) is 0 Å². The van der Waals surface area contributed by atoms with Crippen molar-refractivity contribution in [2.24, 2.45) is 17.4 Å². The number of nitrogens with two attached hydrogens (primary N) is 2. The molecule has 280 valence electrons. The highest BCUT2D eigenvalue weighted by Gasteiger charge is 2.38. The van der Waals surface area contributed by atoms with Crippen LogP contribution in [0.4, 0.5) is 4.79 Å². The maximum Gasteiger partial charge on any atom is 0.312 e. The molecular formula is C34H61N7O7S. The van der Waals surface area contributed by atoms with Crippen molar-refractivity contribution in [3.8, 4) is 0 Å². The number of imide groups is 1. The summed E-state index contributed by atoms with van der Waals surface area (Å²) in [6.45, 7) is 7.28. The Morgan fingerprint density at radius 1 is 0.837 bits per heavy atom. The van der Waals surface area contributed by atoms with E-state index < -0.39 is 24.0 Å². The molecule has 1 fully saturated rings. The zero-order valence-electron chi connectivity index (χ0n) is 29.8. The minimum atomic E-state index is -0.821. The number of hydrogen-bond acceptors (Lipinski definition) is 9. The van der Waals surface area contributed by atoms with Gasteiger partial charge in [-0.25, -0.2) is 4.79 Å². The Bertz CT molecular complexity index is 1080. The van der Waals surface area contributed by atoms with Crippen molar-refractivity contribution in [2.75, 3.05) is 31.9 Å². The van der Waals surface area contributed by atoms with Crippen LogP contribution in [0.5, 0.6) is 0 Å². The van der Waals surface area contributed by atoms with Gasteiger partial charge in [0.05, 0.1) is 11.3 Å². The number of carbonyl (C=O) groups excluding carboxylic acids is 7. The number of ketones is 1. The van der Waals surface area contributed by atoms with Gasteiger partial charge in [-0.3, -0.25) is 33.7 Å². The van der Waals surface area contributed by atoms with E-state index in [-0.39, 0.29) is 66.4 Å². The summed E-state index contributed by atoms with van der Waals surface area (Å²) in [5.41, 5.74) is 10.5. The lowest BCUT2D eigenvalue weighted by Gasteiger charge is -2.25. The van der Waals surface area contributed by atoms with Gasteiger partial charge >= 0.3 is 6.03 Å². The van der Waals surface area contributed by atoms with Gasteiger partial charge in [0.2, 0.25) is 29.5 Å². The second-order valence-corrected chi connectivity index (χ2v) is 14.2. The number of urea groups is 1. The number of nitrogens with one attached hydrogen (secondary N) is 4. The fourth-order valence-corrected chi connectivity index (χ4v) is 6.61. The first kappa shape index (κ1) is 43.8. The lowest BCUT2D eigenvalue weighted by molar-refractivity contribution is -0.138. The summed E-state index contributed by atoms with van der Waals surface area (Å²) in [7, 11) is 0. The first-order valence-corrected chi connectivity index (χ1v) is 19.0. The Balaban J connectivity index is 2.33. The highest BCUT2D eigenvalue weighted by molar-refractivity contribution is 8.00. The van der Waals surface area contributed by atoms with E-state index >= 15 is 0 Å². The molecule has 0 aromatic rings. The lowest BCUT2D eigenvalue weighted by atomic mass is 10.00. The Morgan fingerprint density at radius 2 is 1.49 bits per heavy atom. The van der Waals surface area contributed by atoms with Crippen LogP contribution in [-0.2, 0) is 28.8 Å². The Kier molecular flexibility index (Phi) is 23.0. The van der Waals surface area contributed by atoms with E-state index in [1.807, 2.05) is 13.8 Å². The molecule has 0 aliphatic carbocycles. The van der Waals surface area contributed by atoms with E-state index in [1.165, 1.54) is 16.7 Å². The van der Waals surface area contributed by atoms with Gasteiger partial charge in [-0.2, -0.15) is 0 Å². The van der Waals surface area contributed by atoms with Crippen molar-refractivity contribution in [1.82, 2.24) is 26.2 Å². The number of thioether (sulfide) groups is 1. The number of unbranched alkanes of at least 4 members (excludes halogenated alkanes) is 6. The smallest absolute Gasteiger partial charge is 0.312 e. The van der Waals surface area contributed by atoms with Crippen LogP contribution in [0.2, 0.25) is 0 Å². The summed E-state index contributed by atoms with van der Waals surface area (Å²) in [4.78, 5) is 87.6. The number of likely N-dealkylation sites (tertiary alicyclic amines) is 1. The average molecular weight is 712 g/mol. The zero-order chi connectivity index (χ0) is 36.6. The van der Waals surface area contributed by atoms with Crippen LogP contribution < -0.4 is 32.7 Å². The lowest BCUT2D eigenvalue weighted by Crippen LogP contribution is -2.53. The number of Topliss-reactive ketones (excluding diaryl/α,β-unsaturated/α-hetero) is 1. The molecule has 0 spiro atoms. The maximum absolute atomic E-state index is 13.0. The van der Waals surface area contributed by atoms with Gasteiger partial charge in [0.1, 0.15) is 6.04 Å². The van der Waals surface area contributed by atoms with Gasteiger partial charge < -0.3 is 32.7 Å². The minimum Gasteiger partial charge on any atom is -0.356 e. The second-order valence-electron chi connectivity index (χ2n) is 12.9. The zero-order valence-corrected chi connectivity index (χ0v) is 30.6. The highest BCUT2D eigenvalue weighted by Crippen LogP contribution is 2.26. The largest absolute Gasteiger partial charge is 0.356 e. The fourth-order valence-electron chi connectivity index (χ4n) is 5.42. The first-order chi connectivity index (χ1) is 23.4. The molecule has 8 N–H and O–H groups in total. The highest BCUT2D eigenvalue weighted by atomic mass is 32.2. The van der Waals surface area contributed by atoms with Crippen molar-refractivity contribution in [3.63, 3.8) is 0 Å². The van der Waals surface area contributed by atoms with E-state index in [1.54, 1.807) is 6.92 Å². The van der Waals surface area contributed by atoms with E-state index in [4.69, 9.17) is 11.5 Å². The van der Waals surface area contributed by atoms with Crippen LogP contribution >= 0.6 is 11.8 Å². The molecule has 0 bridgehead atoms. The molecule has 0 saturated carbocycles. The SMILES string of the molecule is CCC(=O)[C@H](CCCNC(N)=O)NC(=O)C(NC(=O)CCCCCN1C(=O)CC(SCCCCCC(=O)NCCCCCN)C1=O)C(C)C. The monoisotopic (exact) mass is 711 g/mol. The molecule has 0 aromatic heterocycles. The van der Waals surface area contributed by atoms with Gasteiger partial charge in [-0.1, -0.05) is 40.0 Å². The molecule has 0 radical (unpaired) electrons. The molecular weight excluding hydrogens is 650 g/mol. The predicted molar refractivity (Wildman–Crippen MR) is 191 cm³/mol. The van der Waals surface area contributed by atoms with Gasteiger partial charge in [-0.05, 0) is 69.6 Å². The summed E-state index contributed by atoms with van der Waals surface area (Å²) < 4.78 is 0. The van der Waals surface area contributed by atoms with Crippen molar-refractivity contribution in [1.29, 1.82) is 0 Å². The third kappa shape index (κ3) is 19.0. The normalized spacial score (nSPS) is 15.6. The predicted octanol–water partition coefficient (Wildman–Crippen LogP) is 2.27. The fraction of sp³-hybridized carbons (Fsp3) is 0.794. The number of nitrogens with zero attached hydrogens (tertiary/aromatic N) is 1. The first-order valence-electron chi connectivity index (χ1n) is 18.0. The van der Waals surface area contributed by atoms with Crippen LogP contribution in [0, 0.1) is 5.92 Å². The minimum absolute atomic E-state index is 0.0653. The molecule has 2 unspecified atom stereocenters. The number of amides is 7. The third-order valence-electron chi connectivity index (χ3n) is 8.35. The van der Waals surface area contributed by atoms with Crippen molar-refractivity contribution < 1.29 is 33.6 Å². The summed E-state index contributed by atoms with van der Waals surface area (Å²) in [5.74, 6) is -0.591.